The lowest BCUT2D eigenvalue weighted by Gasteiger charge is -2.20. The second-order valence-electron chi connectivity index (χ2n) is 4.59. The summed E-state index contributed by atoms with van der Waals surface area (Å²) in [6.45, 7) is 6.64. The molecule has 1 unspecified atom stereocenters. The highest BCUT2D eigenvalue weighted by Crippen LogP contribution is 2.23. The van der Waals surface area contributed by atoms with Crippen molar-refractivity contribution in [3.8, 4) is 0 Å². The maximum Gasteiger partial charge on any atom is 0.126 e. The molecule has 0 fully saturated rings. The Hall–Kier alpha value is -0.850. The van der Waals surface area contributed by atoms with Gasteiger partial charge in [-0.15, -0.1) is 0 Å². The van der Waals surface area contributed by atoms with Gasteiger partial charge in [0.25, 0.3) is 0 Å². The zero-order valence-corrected chi connectivity index (χ0v) is 9.96. The number of benzene rings is 1. The molecule has 0 aliphatic heterocycles. The van der Waals surface area contributed by atoms with Crippen LogP contribution in [0.4, 0.5) is 4.39 Å². The van der Waals surface area contributed by atoms with E-state index in [1.165, 1.54) is 12.8 Å². The van der Waals surface area contributed by atoms with E-state index in [2.05, 4.69) is 20.8 Å². The van der Waals surface area contributed by atoms with E-state index in [4.69, 9.17) is 0 Å². The fraction of sp³-hybridized carbons (Fsp3) is 0.571. The van der Waals surface area contributed by atoms with Gasteiger partial charge in [0.2, 0.25) is 0 Å². The molecule has 84 valence electrons. The van der Waals surface area contributed by atoms with Gasteiger partial charge in [0.05, 0.1) is 0 Å². The third kappa shape index (κ3) is 3.65. The molecule has 0 heterocycles. The Labute approximate surface area is 92.5 Å². The fourth-order valence-electron chi connectivity index (χ4n) is 1.99. The van der Waals surface area contributed by atoms with Crippen LogP contribution in [-0.4, -0.2) is 0 Å². The van der Waals surface area contributed by atoms with Gasteiger partial charge in [-0.2, -0.15) is 0 Å². The summed E-state index contributed by atoms with van der Waals surface area (Å²) in [5.74, 6) is 1.18. The van der Waals surface area contributed by atoms with Gasteiger partial charge in [0.1, 0.15) is 5.82 Å². The average molecular weight is 208 g/mol. The highest BCUT2D eigenvalue weighted by atomic mass is 19.1. The normalized spacial score (nSPS) is 13.1. The molecule has 0 aliphatic rings. The molecule has 1 atom stereocenters. The second-order valence-corrected chi connectivity index (χ2v) is 4.59. The number of hydrogen-bond donors (Lipinski definition) is 0. The van der Waals surface area contributed by atoms with Crippen LogP contribution in [-0.2, 0) is 6.42 Å². The maximum absolute atomic E-state index is 13.5. The first-order chi connectivity index (χ1) is 7.15. The average Bonchev–Trinajstić information content (AvgIpc) is 2.20. The summed E-state index contributed by atoms with van der Waals surface area (Å²) in [5.41, 5.74) is 0.865. The molecule has 1 aromatic rings. The van der Waals surface area contributed by atoms with Gasteiger partial charge in [-0.1, -0.05) is 51.8 Å². The van der Waals surface area contributed by atoms with Gasteiger partial charge in [-0.25, -0.2) is 4.39 Å². The molecule has 0 radical (unpaired) electrons. The molecule has 0 N–H and O–H groups in total. The van der Waals surface area contributed by atoms with Gasteiger partial charge in [-0.05, 0) is 29.9 Å². The van der Waals surface area contributed by atoms with Crippen molar-refractivity contribution in [3.05, 3.63) is 35.6 Å². The standard InChI is InChI=1S/C14H21F/c1-4-7-12(11(2)3)10-13-8-5-6-9-14(13)15/h5-6,8-9,11-12H,4,7,10H2,1-3H3. The topological polar surface area (TPSA) is 0 Å². The summed E-state index contributed by atoms with van der Waals surface area (Å²) in [6, 6.07) is 7.13. The van der Waals surface area contributed by atoms with Crippen LogP contribution in [0.3, 0.4) is 0 Å². The summed E-state index contributed by atoms with van der Waals surface area (Å²) in [7, 11) is 0. The van der Waals surface area contributed by atoms with Gasteiger partial charge >= 0.3 is 0 Å². The molecule has 0 amide bonds. The summed E-state index contributed by atoms with van der Waals surface area (Å²) >= 11 is 0. The highest BCUT2D eigenvalue weighted by molar-refractivity contribution is 5.17. The van der Waals surface area contributed by atoms with Crippen LogP contribution < -0.4 is 0 Å². The SMILES string of the molecule is CCCC(Cc1ccccc1F)C(C)C. The summed E-state index contributed by atoms with van der Waals surface area (Å²) in [6.07, 6.45) is 3.24. The number of halogens is 1. The third-order valence-corrected chi connectivity index (χ3v) is 3.04. The van der Waals surface area contributed by atoms with Gasteiger partial charge in [-0.3, -0.25) is 0 Å². The predicted molar refractivity (Wildman–Crippen MR) is 63.3 cm³/mol. The second kappa shape index (κ2) is 5.89. The Kier molecular flexibility index (Phi) is 4.80. The lowest BCUT2D eigenvalue weighted by molar-refractivity contribution is 0.350. The van der Waals surface area contributed by atoms with Gasteiger partial charge < -0.3 is 0 Å². The minimum atomic E-state index is -0.0562. The van der Waals surface area contributed by atoms with E-state index >= 15 is 0 Å². The van der Waals surface area contributed by atoms with Crippen molar-refractivity contribution < 1.29 is 4.39 Å². The van der Waals surface area contributed by atoms with Crippen molar-refractivity contribution in [3.63, 3.8) is 0 Å². The fourth-order valence-corrected chi connectivity index (χ4v) is 1.99. The molecule has 0 spiro atoms. The van der Waals surface area contributed by atoms with E-state index < -0.39 is 0 Å². The first kappa shape index (κ1) is 12.2. The summed E-state index contributed by atoms with van der Waals surface area (Å²) in [5, 5.41) is 0. The van der Waals surface area contributed by atoms with E-state index in [1.807, 2.05) is 12.1 Å². The quantitative estimate of drug-likeness (QED) is 0.671. The smallest absolute Gasteiger partial charge is 0.126 e. The maximum atomic E-state index is 13.5. The minimum Gasteiger partial charge on any atom is -0.207 e. The molecule has 1 heteroatoms. The van der Waals surface area contributed by atoms with Gasteiger partial charge in [0.15, 0.2) is 0 Å². The minimum absolute atomic E-state index is 0.0562. The predicted octanol–water partition coefficient (Wildman–Crippen LogP) is 4.44. The lowest BCUT2D eigenvalue weighted by atomic mass is 9.86. The van der Waals surface area contributed by atoms with Crippen molar-refractivity contribution in [2.24, 2.45) is 11.8 Å². The number of hydrogen-bond acceptors (Lipinski definition) is 0. The van der Waals surface area contributed by atoms with E-state index in [9.17, 15) is 4.39 Å². The molecule has 1 rings (SSSR count). The molecule has 0 nitrogen and oxygen atoms in total. The Morgan fingerprint density at radius 2 is 1.87 bits per heavy atom. The first-order valence-corrected chi connectivity index (χ1v) is 5.88. The van der Waals surface area contributed by atoms with Crippen LogP contribution in [0.2, 0.25) is 0 Å². The Morgan fingerprint density at radius 3 is 2.40 bits per heavy atom. The molecule has 0 aliphatic carbocycles. The summed E-state index contributed by atoms with van der Waals surface area (Å²) < 4.78 is 13.5. The van der Waals surface area contributed by atoms with E-state index in [1.54, 1.807) is 12.1 Å². The molecule has 0 bridgehead atoms. The molecule has 0 aromatic heterocycles. The van der Waals surface area contributed by atoms with Crippen molar-refractivity contribution in [1.29, 1.82) is 0 Å². The number of rotatable bonds is 5. The Balaban J connectivity index is 2.69. The zero-order valence-electron chi connectivity index (χ0n) is 9.96. The van der Waals surface area contributed by atoms with Crippen molar-refractivity contribution in [1.82, 2.24) is 0 Å². The van der Waals surface area contributed by atoms with E-state index in [0.29, 0.717) is 11.8 Å². The van der Waals surface area contributed by atoms with Crippen LogP contribution in [0.15, 0.2) is 24.3 Å². The lowest BCUT2D eigenvalue weighted by Crippen LogP contribution is -2.12. The van der Waals surface area contributed by atoms with Gasteiger partial charge in [0, 0.05) is 0 Å². The molecule has 1 aromatic carbocycles. The third-order valence-electron chi connectivity index (χ3n) is 3.04. The molecule has 0 saturated heterocycles. The Bertz CT molecular complexity index is 291. The van der Waals surface area contributed by atoms with E-state index in [0.717, 1.165) is 12.0 Å². The molecule has 0 saturated carbocycles. The van der Waals surface area contributed by atoms with Crippen molar-refractivity contribution >= 4 is 0 Å². The van der Waals surface area contributed by atoms with Crippen LogP contribution in [0.1, 0.15) is 39.2 Å². The van der Waals surface area contributed by atoms with Crippen molar-refractivity contribution in [2.75, 3.05) is 0 Å². The highest BCUT2D eigenvalue weighted by Gasteiger charge is 2.14. The van der Waals surface area contributed by atoms with Crippen LogP contribution >= 0.6 is 0 Å². The summed E-state index contributed by atoms with van der Waals surface area (Å²) in [4.78, 5) is 0. The molecular formula is C14H21F. The zero-order chi connectivity index (χ0) is 11.3. The largest absolute Gasteiger partial charge is 0.207 e. The van der Waals surface area contributed by atoms with E-state index in [-0.39, 0.29) is 5.82 Å². The Morgan fingerprint density at radius 1 is 1.20 bits per heavy atom. The van der Waals surface area contributed by atoms with Crippen LogP contribution in [0, 0.1) is 17.7 Å². The molecule has 15 heavy (non-hydrogen) atoms. The van der Waals surface area contributed by atoms with Crippen molar-refractivity contribution in [2.45, 2.75) is 40.0 Å². The monoisotopic (exact) mass is 208 g/mol. The first-order valence-electron chi connectivity index (χ1n) is 5.88. The van der Waals surface area contributed by atoms with Crippen LogP contribution in [0.25, 0.3) is 0 Å². The molecular weight excluding hydrogens is 187 g/mol. The van der Waals surface area contributed by atoms with Crippen LogP contribution in [0.5, 0.6) is 0 Å².